The van der Waals surface area contributed by atoms with E-state index in [-0.39, 0.29) is 12.1 Å². The number of aliphatic hydroxyl groups excluding tert-OH is 1. The topological polar surface area (TPSA) is 46.5 Å². The first-order valence-corrected chi connectivity index (χ1v) is 6.26. The quantitative estimate of drug-likeness (QED) is 0.536. The number of rotatable bonds is 7. The second-order valence-corrected chi connectivity index (χ2v) is 4.45. The van der Waals surface area contributed by atoms with E-state index in [9.17, 15) is 9.90 Å². The molecular weight excluding hydrogens is 204 g/mol. The molecule has 3 nitrogen and oxygen atoms in total. The first kappa shape index (κ1) is 13.2. The Bertz CT molecular complexity index is 258. The summed E-state index contributed by atoms with van der Waals surface area (Å²) in [6.45, 7) is 3.98. The summed E-state index contributed by atoms with van der Waals surface area (Å²) in [5.74, 6) is -0.353. The van der Waals surface area contributed by atoms with Crippen molar-refractivity contribution in [1.82, 2.24) is 0 Å². The standard InChI is InChI=1S/C13H22O3/c1-3-4-5-6-7-8-12(14)11-9-10(2)16-13(11)15/h9-10,12,14H,3-8H2,1-2H3. The molecule has 1 heterocycles. The predicted molar refractivity (Wildman–Crippen MR) is 63.0 cm³/mol. The molecule has 2 atom stereocenters. The molecule has 0 fully saturated rings. The molecule has 0 saturated carbocycles. The molecule has 0 spiro atoms. The van der Waals surface area contributed by atoms with Gasteiger partial charge in [-0.05, 0) is 19.4 Å². The zero-order valence-electron chi connectivity index (χ0n) is 10.2. The van der Waals surface area contributed by atoms with Crippen LogP contribution in [0, 0.1) is 0 Å². The molecule has 0 amide bonds. The van der Waals surface area contributed by atoms with Crippen LogP contribution in [0.15, 0.2) is 11.6 Å². The van der Waals surface area contributed by atoms with Gasteiger partial charge in [-0.1, -0.05) is 39.0 Å². The fourth-order valence-corrected chi connectivity index (χ4v) is 1.94. The lowest BCUT2D eigenvalue weighted by Crippen LogP contribution is -2.16. The van der Waals surface area contributed by atoms with E-state index in [2.05, 4.69) is 6.92 Å². The van der Waals surface area contributed by atoms with Crippen LogP contribution in [0.1, 0.15) is 52.4 Å². The van der Waals surface area contributed by atoms with Crippen LogP contribution in [-0.2, 0) is 9.53 Å². The average molecular weight is 226 g/mol. The molecule has 0 saturated heterocycles. The van der Waals surface area contributed by atoms with E-state index in [0.717, 1.165) is 12.8 Å². The van der Waals surface area contributed by atoms with Crippen molar-refractivity contribution in [2.24, 2.45) is 0 Å². The predicted octanol–water partition coefficient (Wildman–Crippen LogP) is 2.58. The Labute approximate surface area is 97.5 Å². The van der Waals surface area contributed by atoms with Gasteiger partial charge < -0.3 is 9.84 Å². The minimum Gasteiger partial charge on any atom is -0.455 e. The van der Waals surface area contributed by atoms with E-state index in [4.69, 9.17) is 4.74 Å². The van der Waals surface area contributed by atoms with E-state index in [1.54, 1.807) is 13.0 Å². The van der Waals surface area contributed by atoms with Crippen LogP contribution in [0.4, 0.5) is 0 Å². The highest BCUT2D eigenvalue weighted by molar-refractivity contribution is 5.91. The lowest BCUT2D eigenvalue weighted by atomic mass is 10.0. The van der Waals surface area contributed by atoms with Gasteiger partial charge in [0.2, 0.25) is 0 Å². The highest BCUT2D eigenvalue weighted by Crippen LogP contribution is 2.20. The monoisotopic (exact) mass is 226 g/mol. The lowest BCUT2D eigenvalue weighted by Gasteiger charge is -2.09. The first-order chi connectivity index (χ1) is 7.65. The van der Waals surface area contributed by atoms with E-state index < -0.39 is 6.10 Å². The molecule has 0 aliphatic carbocycles. The van der Waals surface area contributed by atoms with Crippen LogP contribution in [-0.4, -0.2) is 23.3 Å². The van der Waals surface area contributed by atoms with Gasteiger partial charge in [0, 0.05) is 0 Å². The molecule has 0 bridgehead atoms. The van der Waals surface area contributed by atoms with Crippen LogP contribution >= 0.6 is 0 Å². The van der Waals surface area contributed by atoms with Crippen LogP contribution < -0.4 is 0 Å². The summed E-state index contributed by atoms with van der Waals surface area (Å²) in [5, 5.41) is 9.82. The molecule has 2 unspecified atom stereocenters. The summed E-state index contributed by atoms with van der Waals surface area (Å²) < 4.78 is 4.95. The lowest BCUT2D eigenvalue weighted by molar-refractivity contribution is -0.139. The molecule has 92 valence electrons. The number of unbranched alkanes of at least 4 members (excludes halogenated alkanes) is 4. The molecular formula is C13H22O3. The van der Waals surface area contributed by atoms with Crippen molar-refractivity contribution >= 4 is 5.97 Å². The van der Waals surface area contributed by atoms with Crippen LogP contribution in [0.25, 0.3) is 0 Å². The number of ether oxygens (including phenoxy) is 1. The number of carbonyl (C=O) groups excluding carboxylic acids is 1. The van der Waals surface area contributed by atoms with Gasteiger partial charge in [-0.3, -0.25) is 0 Å². The number of aliphatic hydroxyl groups is 1. The SMILES string of the molecule is CCCCCCCC(O)C1=CC(C)OC1=O. The Hall–Kier alpha value is -0.830. The third-order valence-corrected chi connectivity index (χ3v) is 2.88. The number of cyclic esters (lactones) is 1. The fraction of sp³-hybridized carbons (Fsp3) is 0.769. The summed E-state index contributed by atoms with van der Waals surface area (Å²) in [5.41, 5.74) is 0.447. The highest BCUT2D eigenvalue weighted by atomic mass is 16.5. The summed E-state index contributed by atoms with van der Waals surface area (Å²) in [6.07, 6.45) is 7.34. The van der Waals surface area contributed by atoms with E-state index >= 15 is 0 Å². The molecule has 1 rings (SSSR count). The Morgan fingerprint density at radius 2 is 2.06 bits per heavy atom. The van der Waals surface area contributed by atoms with Crippen molar-refractivity contribution in [2.75, 3.05) is 0 Å². The van der Waals surface area contributed by atoms with Crippen LogP contribution in [0.2, 0.25) is 0 Å². The second kappa shape index (κ2) is 6.69. The summed E-state index contributed by atoms with van der Waals surface area (Å²) >= 11 is 0. The number of esters is 1. The smallest absolute Gasteiger partial charge is 0.337 e. The zero-order chi connectivity index (χ0) is 12.0. The van der Waals surface area contributed by atoms with E-state index in [1.807, 2.05) is 0 Å². The maximum absolute atomic E-state index is 11.3. The first-order valence-electron chi connectivity index (χ1n) is 6.26. The molecule has 1 aliphatic rings. The molecule has 16 heavy (non-hydrogen) atoms. The van der Waals surface area contributed by atoms with Crippen molar-refractivity contribution in [1.29, 1.82) is 0 Å². The molecule has 0 aromatic rings. The van der Waals surface area contributed by atoms with E-state index in [0.29, 0.717) is 12.0 Å². The Morgan fingerprint density at radius 3 is 2.62 bits per heavy atom. The third kappa shape index (κ3) is 3.97. The number of hydrogen-bond acceptors (Lipinski definition) is 3. The molecule has 1 aliphatic heterocycles. The molecule has 0 aromatic heterocycles. The fourth-order valence-electron chi connectivity index (χ4n) is 1.94. The summed E-state index contributed by atoms with van der Waals surface area (Å²) in [4.78, 5) is 11.3. The van der Waals surface area contributed by atoms with Crippen molar-refractivity contribution < 1.29 is 14.6 Å². The van der Waals surface area contributed by atoms with Gasteiger partial charge in [0.05, 0.1) is 11.7 Å². The summed E-state index contributed by atoms with van der Waals surface area (Å²) in [7, 11) is 0. The molecule has 3 heteroatoms. The van der Waals surface area contributed by atoms with Gasteiger partial charge in [0.15, 0.2) is 0 Å². The second-order valence-electron chi connectivity index (χ2n) is 4.45. The van der Waals surface area contributed by atoms with Crippen molar-refractivity contribution in [2.45, 2.75) is 64.6 Å². The van der Waals surface area contributed by atoms with Crippen molar-refractivity contribution in [3.05, 3.63) is 11.6 Å². The van der Waals surface area contributed by atoms with Gasteiger partial charge in [-0.25, -0.2) is 4.79 Å². The zero-order valence-corrected chi connectivity index (χ0v) is 10.2. The van der Waals surface area contributed by atoms with E-state index in [1.165, 1.54) is 19.3 Å². The normalized spacial score (nSPS) is 21.8. The number of hydrogen-bond donors (Lipinski definition) is 1. The molecule has 0 aromatic carbocycles. The Balaban J connectivity index is 2.22. The van der Waals surface area contributed by atoms with Crippen molar-refractivity contribution in [3.8, 4) is 0 Å². The van der Waals surface area contributed by atoms with Gasteiger partial charge >= 0.3 is 5.97 Å². The third-order valence-electron chi connectivity index (χ3n) is 2.88. The minimum atomic E-state index is -0.640. The van der Waals surface area contributed by atoms with Crippen LogP contribution in [0.5, 0.6) is 0 Å². The maximum atomic E-state index is 11.3. The molecule has 0 radical (unpaired) electrons. The van der Waals surface area contributed by atoms with Gasteiger partial charge in [-0.2, -0.15) is 0 Å². The Morgan fingerprint density at radius 1 is 1.38 bits per heavy atom. The highest BCUT2D eigenvalue weighted by Gasteiger charge is 2.27. The Kier molecular flexibility index (Phi) is 5.53. The minimum absolute atomic E-state index is 0.183. The maximum Gasteiger partial charge on any atom is 0.337 e. The largest absolute Gasteiger partial charge is 0.455 e. The van der Waals surface area contributed by atoms with Gasteiger partial charge in [-0.15, -0.1) is 0 Å². The van der Waals surface area contributed by atoms with Crippen LogP contribution in [0.3, 0.4) is 0 Å². The number of carbonyl (C=O) groups is 1. The van der Waals surface area contributed by atoms with Gasteiger partial charge in [0.25, 0.3) is 0 Å². The molecule has 1 N–H and O–H groups in total. The summed E-state index contributed by atoms with van der Waals surface area (Å²) in [6, 6.07) is 0. The van der Waals surface area contributed by atoms with Gasteiger partial charge in [0.1, 0.15) is 6.10 Å². The average Bonchev–Trinajstić information content (AvgIpc) is 2.57. The van der Waals surface area contributed by atoms with Crippen molar-refractivity contribution in [3.63, 3.8) is 0 Å².